The minimum atomic E-state index is -0.618. The van der Waals surface area contributed by atoms with Crippen molar-refractivity contribution in [3.63, 3.8) is 0 Å². The number of ketones is 1. The second-order valence-electron chi connectivity index (χ2n) is 7.23. The summed E-state index contributed by atoms with van der Waals surface area (Å²) >= 11 is 0. The third-order valence-corrected chi connectivity index (χ3v) is 5.16. The van der Waals surface area contributed by atoms with E-state index in [0.29, 0.717) is 16.9 Å². The molecule has 3 aromatic carbocycles. The first-order chi connectivity index (χ1) is 15.1. The van der Waals surface area contributed by atoms with Crippen LogP contribution in [0.15, 0.2) is 83.0 Å². The van der Waals surface area contributed by atoms with Crippen LogP contribution in [0.5, 0.6) is 11.5 Å². The molecule has 0 saturated carbocycles. The predicted molar refractivity (Wildman–Crippen MR) is 116 cm³/mol. The average molecular weight is 410 g/mol. The second-order valence-corrected chi connectivity index (χ2v) is 7.23. The van der Waals surface area contributed by atoms with Gasteiger partial charge in [-0.25, -0.2) is 4.79 Å². The molecule has 0 bridgehead atoms. The molecule has 1 aromatic heterocycles. The van der Waals surface area contributed by atoms with Gasteiger partial charge in [0.2, 0.25) is 11.5 Å². The van der Waals surface area contributed by atoms with Crippen molar-refractivity contribution in [1.82, 2.24) is 0 Å². The van der Waals surface area contributed by atoms with Crippen LogP contribution >= 0.6 is 0 Å². The molecule has 1 aliphatic rings. The normalized spacial score (nSPS) is 14.0. The van der Waals surface area contributed by atoms with Crippen molar-refractivity contribution in [3.8, 4) is 11.5 Å². The molecule has 0 atom stereocenters. The number of carbonyl (C=O) groups is 2. The van der Waals surface area contributed by atoms with Crippen LogP contribution in [0.25, 0.3) is 17.0 Å². The smallest absolute Gasteiger partial charge is 0.379 e. The highest BCUT2D eigenvalue weighted by Crippen LogP contribution is 2.35. The van der Waals surface area contributed by atoms with Crippen molar-refractivity contribution in [2.45, 2.75) is 13.3 Å². The standard InChI is InChI=1S/C26H18O5/c1-2-16-7-9-17(10-8-16)13-23-25(27)20-12-11-19(15-22(20)31-23)29-26(28)24-14-18-5-3-4-6-21(18)30-24/h3-15H,2H2,1H3/b23-13-. The number of ether oxygens (including phenoxy) is 2. The van der Waals surface area contributed by atoms with E-state index in [-0.39, 0.29) is 23.1 Å². The summed E-state index contributed by atoms with van der Waals surface area (Å²) in [4.78, 5) is 25.1. The highest BCUT2D eigenvalue weighted by atomic mass is 16.5. The minimum Gasteiger partial charge on any atom is -0.452 e. The third-order valence-electron chi connectivity index (χ3n) is 5.16. The molecule has 1 aliphatic heterocycles. The maximum atomic E-state index is 12.7. The SMILES string of the molecule is CCc1ccc(/C=C2\Oc3cc(OC(=O)c4cc5ccccc5o4)ccc3C2=O)cc1. The Labute approximate surface area is 178 Å². The van der Waals surface area contributed by atoms with Crippen LogP contribution in [0.2, 0.25) is 0 Å². The number of allylic oxidation sites excluding steroid dienone is 1. The van der Waals surface area contributed by atoms with Gasteiger partial charge in [-0.05, 0) is 47.9 Å². The summed E-state index contributed by atoms with van der Waals surface area (Å²) in [6.45, 7) is 2.09. The number of aryl methyl sites for hydroxylation is 1. The van der Waals surface area contributed by atoms with Gasteiger partial charge < -0.3 is 13.9 Å². The fraction of sp³-hybridized carbons (Fsp3) is 0.0769. The molecule has 0 N–H and O–H groups in total. The van der Waals surface area contributed by atoms with Gasteiger partial charge in [0, 0.05) is 11.5 Å². The highest BCUT2D eigenvalue weighted by molar-refractivity contribution is 6.14. The van der Waals surface area contributed by atoms with Crippen molar-refractivity contribution in [2.24, 2.45) is 0 Å². The minimum absolute atomic E-state index is 0.106. The zero-order chi connectivity index (χ0) is 21.4. The molecule has 0 spiro atoms. The Hall–Kier alpha value is -4.12. The van der Waals surface area contributed by atoms with E-state index in [1.807, 2.05) is 42.5 Å². The fourth-order valence-corrected chi connectivity index (χ4v) is 3.47. The lowest BCUT2D eigenvalue weighted by molar-refractivity contribution is 0.0703. The number of Topliss-reactive ketones (excluding diaryl/α,β-unsaturated/α-hetero) is 1. The number of carbonyl (C=O) groups excluding carboxylic acids is 2. The number of hydrogen-bond acceptors (Lipinski definition) is 5. The number of benzene rings is 3. The van der Waals surface area contributed by atoms with Gasteiger partial charge in [0.1, 0.15) is 17.1 Å². The molecular weight excluding hydrogens is 392 g/mol. The van der Waals surface area contributed by atoms with E-state index >= 15 is 0 Å². The van der Waals surface area contributed by atoms with Crippen molar-refractivity contribution < 1.29 is 23.5 Å². The fourth-order valence-electron chi connectivity index (χ4n) is 3.47. The van der Waals surface area contributed by atoms with Gasteiger partial charge in [-0.15, -0.1) is 0 Å². The summed E-state index contributed by atoms with van der Waals surface area (Å²) in [7, 11) is 0. The summed E-state index contributed by atoms with van der Waals surface area (Å²) in [5.74, 6) is 0.147. The Kier molecular flexibility index (Phi) is 4.64. The largest absolute Gasteiger partial charge is 0.452 e. The third kappa shape index (κ3) is 3.62. The van der Waals surface area contributed by atoms with E-state index in [1.54, 1.807) is 30.3 Å². The van der Waals surface area contributed by atoms with Crippen LogP contribution < -0.4 is 9.47 Å². The van der Waals surface area contributed by atoms with Crippen LogP contribution in [-0.2, 0) is 6.42 Å². The van der Waals surface area contributed by atoms with Crippen molar-refractivity contribution >= 4 is 28.8 Å². The van der Waals surface area contributed by atoms with Crippen LogP contribution in [0.1, 0.15) is 39.0 Å². The first-order valence-electron chi connectivity index (χ1n) is 9.99. The van der Waals surface area contributed by atoms with Gasteiger partial charge >= 0.3 is 5.97 Å². The van der Waals surface area contributed by atoms with Crippen molar-refractivity contribution in [3.05, 3.63) is 101 Å². The molecule has 0 aliphatic carbocycles. The molecular formula is C26H18O5. The molecule has 0 unspecified atom stereocenters. The zero-order valence-electron chi connectivity index (χ0n) is 16.8. The molecule has 0 radical (unpaired) electrons. The molecule has 4 aromatic rings. The van der Waals surface area contributed by atoms with E-state index < -0.39 is 5.97 Å². The van der Waals surface area contributed by atoms with Gasteiger partial charge in [-0.3, -0.25) is 4.79 Å². The van der Waals surface area contributed by atoms with Crippen LogP contribution in [0.3, 0.4) is 0 Å². The molecule has 5 heteroatoms. The first kappa shape index (κ1) is 18.9. The van der Waals surface area contributed by atoms with Gasteiger partial charge in [-0.1, -0.05) is 49.4 Å². The summed E-state index contributed by atoms with van der Waals surface area (Å²) < 4.78 is 16.7. The lowest BCUT2D eigenvalue weighted by Crippen LogP contribution is -2.07. The van der Waals surface area contributed by atoms with E-state index in [9.17, 15) is 9.59 Å². The lowest BCUT2D eigenvalue weighted by Gasteiger charge is -2.04. The van der Waals surface area contributed by atoms with E-state index in [4.69, 9.17) is 13.9 Å². The highest BCUT2D eigenvalue weighted by Gasteiger charge is 2.28. The number of para-hydroxylation sites is 1. The summed E-state index contributed by atoms with van der Waals surface area (Å²) in [6.07, 6.45) is 2.66. The number of fused-ring (bicyclic) bond motifs is 2. The Bertz CT molecular complexity index is 1310. The molecule has 31 heavy (non-hydrogen) atoms. The number of hydrogen-bond donors (Lipinski definition) is 0. The molecule has 152 valence electrons. The van der Waals surface area contributed by atoms with Gasteiger partial charge in [0.05, 0.1) is 5.56 Å². The number of furan rings is 1. The Balaban J connectivity index is 1.35. The summed E-state index contributed by atoms with van der Waals surface area (Å²) in [5.41, 5.74) is 3.14. The Morgan fingerprint density at radius 3 is 2.58 bits per heavy atom. The Morgan fingerprint density at radius 1 is 1.00 bits per heavy atom. The predicted octanol–water partition coefficient (Wildman–Crippen LogP) is 5.83. The van der Waals surface area contributed by atoms with Gasteiger partial charge in [0.15, 0.2) is 5.76 Å². The van der Waals surface area contributed by atoms with E-state index in [2.05, 4.69) is 6.92 Å². The van der Waals surface area contributed by atoms with Crippen LogP contribution in [-0.4, -0.2) is 11.8 Å². The molecule has 5 rings (SSSR count). The van der Waals surface area contributed by atoms with E-state index in [0.717, 1.165) is 17.4 Å². The quantitative estimate of drug-likeness (QED) is 0.241. The molecule has 2 heterocycles. The van der Waals surface area contributed by atoms with E-state index in [1.165, 1.54) is 11.6 Å². The van der Waals surface area contributed by atoms with Gasteiger partial charge in [-0.2, -0.15) is 0 Å². The van der Waals surface area contributed by atoms with Gasteiger partial charge in [0.25, 0.3) is 0 Å². The summed E-state index contributed by atoms with van der Waals surface area (Å²) in [6, 6.07) is 21.6. The van der Waals surface area contributed by atoms with Crippen molar-refractivity contribution in [1.29, 1.82) is 0 Å². The zero-order valence-corrected chi connectivity index (χ0v) is 16.8. The molecule has 0 fully saturated rings. The Morgan fingerprint density at radius 2 is 1.81 bits per heavy atom. The maximum absolute atomic E-state index is 12.7. The van der Waals surface area contributed by atoms with Crippen LogP contribution in [0, 0.1) is 0 Å². The van der Waals surface area contributed by atoms with Crippen LogP contribution in [0.4, 0.5) is 0 Å². The number of rotatable bonds is 4. The average Bonchev–Trinajstić information content (AvgIpc) is 3.35. The second kappa shape index (κ2) is 7.61. The first-order valence-corrected chi connectivity index (χ1v) is 9.99. The maximum Gasteiger partial charge on any atom is 0.379 e. The molecule has 0 amide bonds. The monoisotopic (exact) mass is 410 g/mol. The molecule has 5 nitrogen and oxygen atoms in total. The summed E-state index contributed by atoms with van der Waals surface area (Å²) in [5, 5.41) is 0.819. The number of esters is 1. The lowest BCUT2D eigenvalue weighted by atomic mass is 10.1. The van der Waals surface area contributed by atoms with Crippen molar-refractivity contribution in [2.75, 3.05) is 0 Å². The topological polar surface area (TPSA) is 65.7 Å². The molecule has 0 saturated heterocycles.